The summed E-state index contributed by atoms with van der Waals surface area (Å²) in [6.45, 7) is 10.8. The Bertz CT molecular complexity index is 709. The third-order valence-electron chi connectivity index (χ3n) is 5.79. The third-order valence-corrected chi connectivity index (χ3v) is 5.79. The lowest BCUT2D eigenvalue weighted by Crippen LogP contribution is -2.55. The second-order valence-electron chi connectivity index (χ2n) is 8.15. The first-order valence-corrected chi connectivity index (χ1v) is 10.1. The van der Waals surface area contributed by atoms with Crippen LogP contribution in [-0.2, 0) is 9.59 Å². The number of piperidine rings is 1. The van der Waals surface area contributed by atoms with E-state index >= 15 is 0 Å². The van der Waals surface area contributed by atoms with Gasteiger partial charge >= 0.3 is 0 Å². The quantitative estimate of drug-likeness (QED) is 0.787. The lowest BCUT2D eigenvalue weighted by molar-refractivity contribution is -0.130. The van der Waals surface area contributed by atoms with E-state index in [9.17, 15) is 14.4 Å². The van der Waals surface area contributed by atoms with Gasteiger partial charge in [0.25, 0.3) is 5.91 Å². The Kier molecular flexibility index (Phi) is 7.61. The van der Waals surface area contributed by atoms with E-state index in [0.29, 0.717) is 37.4 Å². The van der Waals surface area contributed by atoms with Crippen LogP contribution >= 0.6 is 0 Å². The molecule has 1 fully saturated rings. The predicted octanol–water partition coefficient (Wildman–Crippen LogP) is 2.51. The first kappa shape index (κ1) is 21.9. The van der Waals surface area contributed by atoms with Crippen LogP contribution in [-0.4, -0.2) is 47.8 Å². The highest BCUT2D eigenvalue weighted by atomic mass is 16.2. The molecule has 2 unspecified atom stereocenters. The van der Waals surface area contributed by atoms with Gasteiger partial charge in [0.15, 0.2) is 0 Å². The molecule has 1 heterocycles. The molecule has 1 aromatic carbocycles. The summed E-state index contributed by atoms with van der Waals surface area (Å²) in [6, 6.07) is 6.77. The monoisotopic (exact) mass is 387 g/mol. The fourth-order valence-corrected chi connectivity index (χ4v) is 3.47. The average molecular weight is 388 g/mol. The van der Waals surface area contributed by atoms with Crippen LogP contribution in [0.3, 0.4) is 0 Å². The van der Waals surface area contributed by atoms with Crippen LogP contribution in [0.2, 0.25) is 0 Å². The van der Waals surface area contributed by atoms with Gasteiger partial charge in [0.1, 0.15) is 6.04 Å². The zero-order valence-electron chi connectivity index (χ0n) is 17.6. The minimum absolute atomic E-state index is 0.00271. The molecule has 1 saturated heterocycles. The van der Waals surface area contributed by atoms with Gasteiger partial charge < -0.3 is 15.5 Å². The van der Waals surface area contributed by atoms with E-state index in [4.69, 9.17) is 0 Å². The minimum Gasteiger partial charge on any atom is -0.352 e. The molecule has 6 heteroatoms. The normalized spacial score (nSPS) is 17.1. The highest BCUT2D eigenvalue weighted by molar-refractivity contribution is 5.98. The average Bonchev–Trinajstić information content (AvgIpc) is 2.66. The van der Waals surface area contributed by atoms with Crippen LogP contribution in [0, 0.1) is 18.8 Å². The van der Waals surface area contributed by atoms with Gasteiger partial charge in [-0.1, -0.05) is 32.0 Å². The Morgan fingerprint density at radius 1 is 1.04 bits per heavy atom. The van der Waals surface area contributed by atoms with Crippen LogP contribution in [0.1, 0.15) is 56.5 Å². The molecule has 1 aliphatic heterocycles. The number of aryl methyl sites for hydroxylation is 1. The van der Waals surface area contributed by atoms with Gasteiger partial charge in [-0.05, 0) is 50.2 Å². The van der Waals surface area contributed by atoms with E-state index in [-0.39, 0.29) is 29.7 Å². The van der Waals surface area contributed by atoms with Crippen molar-refractivity contribution >= 4 is 17.7 Å². The molecule has 28 heavy (non-hydrogen) atoms. The number of amides is 3. The van der Waals surface area contributed by atoms with Gasteiger partial charge in [-0.2, -0.15) is 0 Å². The van der Waals surface area contributed by atoms with Gasteiger partial charge in [0, 0.05) is 31.6 Å². The maximum atomic E-state index is 13.0. The number of hydrogen-bond acceptors (Lipinski definition) is 3. The maximum Gasteiger partial charge on any atom is 0.252 e. The van der Waals surface area contributed by atoms with Crippen LogP contribution in [0.4, 0.5) is 0 Å². The topological polar surface area (TPSA) is 78.5 Å². The number of rotatable bonds is 6. The molecule has 0 saturated carbocycles. The Labute approximate surface area is 168 Å². The first-order chi connectivity index (χ1) is 13.2. The summed E-state index contributed by atoms with van der Waals surface area (Å²) in [7, 11) is 0. The van der Waals surface area contributed by atoms with Gasteiger partial charge in [-0.3, -0.25) is 14.4 Å². The van der Waals surface area contributed by atoms with Crippen LogP contribution in [0.5, 0.6) is 0 Å². The van der Waals surface area contributed by atoms with E-state index in [2.05, 4.69) is 24.5 Å². The van der Waals surface area contributed by atoms with Gasteiger partial charge in [-0.25, -0.2) is 0 Å². The second kappa shape index (κ2) is 9.71. The molecule has 1 aliphatic rings. The van der Waals surface area contributed by atoms with Crippen LogP contribution in [0.25, 0.3) is 0 Å². The molecule has 2 N–H and O–H groups in total. The van der Waals surface area contributed by atoms with Crippen molar-refractivity contribution in [1.29, 1.82) is 0 Å². The van der Waals surface area contributed by atoms with Gasteiger partial charge in [0.2, 0.25) is 11.8 Å². The minimum atomic E-state index is -0.609. The fourth-order valence-electron chi connectivity index (χ4n) is 3.47. The summed E-state index contributed by atoms with van der Waals surface area (Å²) in [4.78, 5) is 39.3. The number of nitrogens with one attached hydrogen (secondary N) is 2. The molecule has 2 atom stereocenters. The fraction of sp³-hybridized carbons (Fsp3) is 0.591. The smallest absolute Gasteiger partial charge is 0.252 e. The molecule has 0 aliphatic carbocycles. The van der Waals surface area contributed by atoms with Crippen molar-refractivity contribution in [3.05, 3.63) is 35.4 Å². The van der Waals surface area contributed by atoms with E-state index in [1.54, 1.807) is 17.9 Å². The van der Waals surface area contributed by atoms with Crippen molar-refractivity contribution in [2.24, 2.45) is 11.8 Å². The zero-order chi connectivity index (χ0) is 20.8. The van der Waals surface area contributed by atoms with E-state index in [0.717, 1.165) is 5.56 Å². The summed E-state index contributed by atoms with van der Waals surface area (Å²) >= 11 is 0. The van der Waals surface area contributed by atoms with Crippen molar-refractivity contribution in [3.8, 4) is 0 Å². The van der Waals surface area contributed by atoms with Crippen LogP contribution in [0.15, 0.2) is 24.3 Å². The summed E-state index contributed by atoms with van der Waals surface area (Å²) in [6.07, 6.45) is 1.39. The molecule has 0 radical (unpaired) electrons. The number of nitrogens with zero attached hydrogens (tertiary/aromatic N) is 1. The first-order valence-electron chi connectivity index (χ1n) is 10.1. The van der Waals surface area contributed by atoms with Crippen molar-refractivity contribution in [3.63, 3.8) is 0 Å². The molecule has 1 aromatic rings. The predicted molar refractivity (Wildman–Crippen MR) is 110 cm³/mol. The van der Waals surface area contributed by atoms with Crippen molar-refractivity contribution in [1.82, 2.24) is 15.5 Å². The highest BCUT2D eigenvalue weighted by Crippen LogP contribution is 2.22. The maximum absolute atomic E-state index is 13.0. The molecule has 0 bridgehead atoms. The number of hydrogen-bond donors (Lipinski definition) is 2. The molecular formula is C22H33N3O3. The molecular weight excluding hydrogens is 354 g/mol. The van der Waals surface area contributed by atoms with E-state index in [1.165, 1.54) is 0 Å². The largest absolute Gasteiger partial charge is 0.352 e. The Hall–Kier alpha value is -2.37. The summed E-state index contributed by atoms with van der Waals surface area (Å²) in [5.41, 5.74) is 1.46. The Morgan fingerprint density at radius 2 is 1.64 bits per heavy atom. The number of likely N-dealkylation sites (tertiary alicyclic amines) is 1. The van der Waals surface area contributed by atoms with Crippen molar-refractivity contribution in [2.45, 2.75) is 59.5 Å². The van der Waals surface area contributed by atoms with E-state index in [1.807, 2.05) is 32.0 Å². The molecule has 3 amide bonds. The van der Waals surface area contributed by atoms with Gasteiger partial charge in [-0.15, -0.1) is 0 Å². The van der Waals surface area contributed by atoms with Crippen molar-refractivity contribution < 1.29 is 14.4 Å². The summed E-state index contributed by atoms with van der Waals surface area (Å²) < 4.78 is 0. The Morgan fingerprint density at radius 3 is 2.18 bits per heavy atom. The zero-order valence-corrected chi connectivity index (χ0v) is 17.6. The second-order valence-corrected chi connectivity index (χ2v) is 8.15. The molecule has 0 spiro atoms. The Balaban J connectivity index is 2.16. The standard InChI is InChI=1S/C22H33N3O3/c1-14(2)16(4)23-22(28)20(18-10-12-25(13-11-18)17(5)26)24-21(27)19-9-7-6-8-15(19)3/h6-9,14,16,18,20H,10-13H2,1-5H3,(H,23,28)(H,24,27). The number of benzene rings is 1. The summed E-state index contributed by atoms with van der Waals surface area (Å²) in [5.74, 6) is -0.0233. The lowest BCUT2D eigenvalue weighted by Gasteiger charge is -2.36. The number of carbonyl (C=O) groups excluding carboxylic acids is 3. The SMILES string of the molecule is CC(=O)N1CCC(C(NC(=O)c2ccccc2C)C(=O)NC(C)C(C)C)CC1. The lowest BCUT2D eigenvalue weighted by atomic mass is 9.88. The molecule has 2 rings (SSSR count). The third kappa shape index (κ3) is 5.57. The van der Waals surface area contributed by atoms with Gasteiger partial charge in [0.05, 0.1) is 0 Å². The highest BCUT2D eigenvalue weighted by Gasteiger charge is 2.34. The molecule has 6 nitrogen and oxygen atoms in total. The summed E-state index contributed by atoms with van der Waals surface area (Å²) in [5, 5.41) is 6.03. The van der Waals surface area contributed by atoms with Crippen LogP contribution < -0.4 is 10.6 Å². The van der Waals surface area contributed by atoms with Crippen molar-refractivity contribution in [2.75, 3.05) is 13.1 Å². The number of carbonyl (C=O) groups is 3. The molecule has 0 aromatic heterocycles. The molecule has 154 valence electrons. The van der Waals surface area contributed by atoms with E-state index < -0.39 is 6.04 Å².